The average Bonchev–Trinajstić information content (AvgIpc) is 2.73. The minimum absolute atomic E-state index is 0.278. The summed E-state index contributed by atoms with van der Waals surface area (Å²) in [6, 6.07) is 15.2. The summed E-state index contributed by atoms with van der Waals surface area (Å²) < 4.78 is 4.82. The van der Waals surface area contributed by atoms with Crippen molar-refractivity contribution >= 4 is 35.2 Å². The Bertz CT molecular complexity index is 907. The molecule has 1 aliphatic heterocycles. The van der Waals surface area contributed by atoms with Gasteiger partial charge in [0.1, 0.15) is 0 Å². The Kier molecular flexibility index (Phi) is 3.17. The zero-order chi connectivity index (χ0) is 16.0. The fourth-order valence-corrected chi connectivity index (χ4v) is 3.27. The second-order valence-corrected chi connectivity index (χ2v) is 5.85. The van der Waals surface area contributed by atoms with Crippen LogP contribution in [0.1, 0.15) is 16.7 Å². The molecule has 4 rings (SSSR count). The number of hydrogen-bond donors (Lipinski definition) is 0. The number of ether oxygens (including phenoxy) is 1. The number of carbonyl (C=O) groups is 2. The third-order valence-electron chi connectivity index (χ3n) is 4.10. The van der Waals surface area contributed by atoms with Gasteiger partial charge < -0.3 is 4.74 Å². The predicted octanol–water partition coefficient (Wildman–Crippen LogP) is 3.82. The average molecular weight is 323 g/mol. The Morgan fingerprint density at radius 2 is 1.70 bits per heavy atom. The van der Waals surface area contributed by atoms with Gasteiger partial charge in [0, 0.05) is 5.02 Å². The molecule has 1 fully saturated rings. The first-order valence-electron chi connectivity index (χ1n) is 7.19. The number of cyclic esters (lactones) is 2. The molecule has 0 spiro atoms. The second-order valence-electron chi connectivity index (χ2n) is 5.44. The number of fused-ring (bicyclic) bond motifs is 2. The van der Waals surface area contributed by atoms with Crippen LogP contribution in [-0.2, 0) is 20.7 Å². The van der Waals surface area contributed by atoms with Gasteiger partial charge in [-0.25, -0.2) is 9.59 Å². The first-order valence-corrected chi connectivity index (χ1v) is 7.57. The van der Waals surface area contributed by atoms with E-state index in [2.05, 4.69) is 0 Å². The maximum atomic E-state index is 12.2. The molecule has 2 aliphatic rings. The fourth-order valence-electron chi connectivity index (χ4n) is 3.03. The summed E-state index contributed by atoms with van der Waals surface area (Å²) in [7, 11) is 0. The number of hydrogen-bond acceptors (Lipinski definition) is 3. The van der Waals surface area contributed by atoms with Gasteiger partial charge in [0.15, 0.2) is 0 Å². The maximum absolute atomic E-state index is 12.2. The molecular weight excluding hydrogens is 312 g/mol. The van der Waals surface area contributed by atoms with Gasteiger partial charge >= 0.3 is 11.9 Å². The lowest BCUT2D eigenvalue weighted by Gasteiger charge is -2.11. The molecule has 112 valence electrons. The monoisotopic (exact) mass is 322 g/mol. The van der Waals surface area contributed by atoms with Crippen molar-refractivity contribution < 1.29 is 14.3 Å². The molecule has 1 aliphatic carbocycles. The van der Waals surface area contributed by atoms with E-state index in [0.717, 1.165) is 22.3 Å². The highest BCUT2D eigenvalue weighted by molar-refractivity contribution is 6.33. The number of esters is 2. The zero-order valence-corrected chi connectivity index (χ0v) is 12.8. The Labute approximate surface area is 137 Å². The summed E-state index contributed by atoms with van der Waals surface area (Å²) >= 11 is 6.28. The Balaban J connectivity index is 2.03. The van der Waals surface area contributed by atoms with Gasteiger partial charge in [0.05, 0.1) is 11.1 Å². The first kappa shape index (κ1) is 14.0. The quantitative estimate of drug-likeness (QED) is 0.592. The molecule has 0 bridgehead atoms. The van der Waals surface area contributed by atoms with Crippen molar-refractivity contribution in [2.24, 2.45) is 0 Å². The van der Waals surface area contributed by atoms with Gasteiger partial charge in [0.25, 0.3) is 0 Å². The summed E-state index contributed by atoms with van der Waals surface area (Å²) in [5.41, 5.74) is 4.04. The van der Waals surface area contributed by atoms with Gasteiger partial charge in [-0.05, 0) is 40.8 Å². The van der Waals surface area contributed by atoms with Crippen LogP contribution in [-0.4, -0.2) is 11.9 Å². The van der Waals surface area contributed by atoms with Crippen LogP contribution in [0.25, 0.3) is 11.6 Å². The van der Waals surface area contributed by atoms with Gasteiger partial charge in [-0.15, -0.1) is 0 Å². The Morgan fingerprint density at radius 1 is 0.913 bits per heavy atom. The molecule has 0 aromatic heterocycles. The van der Waals surface area contributed by atoms with Crippen molar-refractivity contribution in [1.29, 1.82) is 0 Å². The molecule has 3 nitrogen and oxygen atoms in total. The fraction of sp³-hybridized carbons (Fsp3) is 0.0526. The molecule has 0 radical (unpaired) electrons. The SMILES string of the molecule is O=C1OC(=O)C2=C(c3ccccc3)Cc3cccc(Cl)c3C=C12. The van der Waals surface area contributed by atoms with Crippen molar-refractivity contribution in [3.05, 3.63) is 81.4 Å². The molecule has 2 aromatic rings. The molecule has 2 aromatic carbocycles. The number of benzene rings is 2. The van der Waals surface area contributed by atoms with Crippen LogP contribution in [0, 0.1) is 0 Å². The zero-order valence-electron chi connectivity index (χ0n) is 12.0. The van der Waals surface area contributed by atoms with Crippen LogP contribution in [0.4, 0.5) is 0 Å². The topological polar surface area (TPSA) is 43.4 Å². The van der Waals surface area contributed by atoms with Crippen molar-refractivity contribution in [3.8, 4) is 0 Å². The van der Waals surface area contributed by atoms with E-state index in [0.29, 0.717) is 17.0 Å². The standard InChI is InChI=1S/C19H11ClO3/c20-16-8-4-7-12-9-14(11-5-2-1-3-6-11)17-15(10-13(12)16)18(21)23-19(17)22/h1-8,10H,9H2. The number of carbonyl (C=O) groups excluding carboxylic acids is 2. The number of rotatable bonds is 1. The minimum atomic E-state index is -0.619. The van der Waals surface area contributed by atoms with E-state index in [1.165, 1.54) is 0 Å². The first-order chi connectivity index (χ1) is 11.1. The summed E-state index contributed by atoms with van der Waals surface area (Å²) in [5.74, 6) is -1.21. The molecule has 0 saturated carbocycles. The highest BCUT2D eigenvalue weighted by atomic mass is 35.5. The lowest BCUT2D eigenvalue weighted by atomic mass is 9.93. The minimum Gasteiger partial charge on any atom is -0.386 e. The van der Waals surface area contributed by atoms with Crippen LogP contribution in [0.3, 0.4) is 0 Å². The lowest BCUT2D eigenvalue weighted by molar-refractivity contribution is -0.149. The number of allylic oxidation sites excluding steroid dienone is 1. The normalized spacial score (nSPS) is 16.5. The van der Waals surface area contributed by atoms with Crippen LogP contribution in [0.2, 0.25) is 5.02 Å². The molecule has 4 heteroatoms. The molecule has 0 N–H and O–H groups in total. The molecule has 0 amide bonds. The summed E-state index contributed by atoms with van der Waals surface area (Å²) in [4.78, 5) is 24.3. The third kappa shape index (κ3) is 2.21. The molecule has 0 unspecified atom stereocenters. The van der Waals surface area contributed by atoms with E-state index < -0.39 is 11.9 Å². The summed E-state index contributed by atoms with van der Waals surface area (Å²) in [6.07, 6.45) is 2.17. The molecular formula is C19H11ClO3. The maximum Gasteiger partial charge on any atom is 0.347 e. The van der Waals surface area contributed by atoms with Crippen molar-refractivity contribution in [2.75, 3.05) is 0 Å². The van der Waals surface area contributed by atoms with E-state index in [1.807, 2.05) is 42.5 Å². The van der Waals surface area contributed by atoms with Crippen LogP contribution in [0.15, 0.2) is 59.7 Å². The van der Waals surface area contributed by atoms with E-state index in [4.69, 9.17) is 16.3 Å². The van der Waals surface area contributed by atoms with E-state index >= 15 is 0 Å². The van der Waals surface area contributed by atoms with Crippen molar-refractivity contribution in [2.45, 2.75) is 6.42 Å². The summed E-state index contributed by atoms with van der Waals surface area (Å²) in [5, 5.41) is 0.552. The highest BCUT2D eigenvalue weighted by Crippen LogP contribution is 2.39. The molecule has 23 heavy (non-hydrogen) atoms. The van der Waals surface area contributed by atoms with Crippen molar-refractivity contribution in [1.82, 2.24) is 0 Å². The predicted molar refractivity (Wildman–Crippen MR) is 87.6 cm³/mol. The second kappa shape index (κ2) is 5.21. The van der Waals surface area contributed by atoms with Crippen molar-refractivity contribution in [3.63, 3.8) is 0 Å². The smallest absolute Gasteiger partial charge is 0.347 e. The van der Waals surface area contributed by atoms with Crippen LogP contribution >= 0.6 is 11.6 Å². The van der Waals surface area contributed by atoms with Gasteiger partial charge in [-0.3, -0.25) is 0 Å². The van der Waals surface area contributed by atoms with E-state index in [-0.39, 0.29) is 5.57 Å². The van der Waals surface area contributed by atoms with Gasteiger partial charge in [-0.1, -0.05) is 54.1 Å². The van der Waals surface area contributed by atoms with E-state index in [9.17, 15) is 9.59 Å². The lowest BCUT2D eigenvalue weighted by Crippen LogP contribution is -2.02. The summed E-state index contributed by atoms with van der Waals surface area (Å²) in [6.45, 7) is 0. The molecule has 0 atom stereocenters. The molecule has 1 heterocycles. The van der Waals surface area contributed by atoms with Crippen LogP contribution < -0.4 is 0 Å². The Hall–Kier alpha value is -2.65. The highest BCUT2D eigenvalue weighted by Gasteiger charge is 2.38. The Morgan fingerprint density at radius 3 is 2.48 bits per heavy atom. The van der Waals surface area contributed by atoms with Gasteiger partial charge in [0.2, 0.25) is 0 Å². The van der Waals surface area contributed by atoms with E-state index in [1.54, 1.807) is 12.1 Å². The van der Waals surface area contributed by atoms with Gasteiger partial charge in [-0.2, -0.15) is 0 Å². The van der Waals surface area contributed by atoms with Crippen LogP contribution in [0.5, 0.6) is 0 Å². The molecule has 1 saturated heterocycles. The third-order valence-corrected chi connectivity index (χ3v) is 4.43. The largest absolute Gasteiger partial charge is 0.386 e. The number of halogens is 1.